The predicted octanol–water partition coefficient (Wildman–Crippen LogP) is 1.70. The van der Waals surface area contributed by atoms with Gasteiger partial charge < -0.3 is 10.1 Å². The average Bonchev–Trinajstić information content (AvgIpc) is 2.27. The van der Waals surface area contributed by atoms with Crippen LogP contribution in [0, 0.1) is 0 Å². The Balaban J connectivity index is 2.60. The highest BCUT2D eigenvalue weighted by molar-refractivity contribution is 5.86. The first-order valence-electron chi connectivity index (χ1n) is 4.75. The topological polar surface area (TPSA) is 51.2 Å². The van der Waals surface area contributed by atoms with Gasteiger partial charge in [0.05, 0.1) is 6.61 Å². The van der Waals surface area contributed by atoms with Crippen molar-refractivity contribution in [3.8, 4) is 0 Å². The van der Waals surface area contributed by atoms with Crippen molar-refractivity contribution in [1.29, 1.82) is 0 Å². The highest BCUT2D eigenvalue weighted by atomic mass is 16.5. The Hall–Kier alpha value is -1.84. The Labute approximate surface area is 89.0 Å². The van der Waals surface area contributed by atoms with Gasteiger partial charge in [-0.3, -0.25) is 0 Å². The van der Waals surface area contributed by atoms with Gasteiger partial charge in [-0.25, -0.2) is 9.78 Å². The normalized spacial score (nSPS) is 10.3. The maximum Gasteiger partial charge on any atom is 0.330 e. The van der Waals surface area contributed by atoms with Gasteiger partial charge in [-0.2, -0.15) is 0 Å². The zero-order valence-corrected chi connectivity index (χ0v) is 8.86. The standard InChI is InChI=1S/C11H14N2O2/c1-3-15-11(14)7-5-9-4-6-10(12-2)13-8-9/h4-8H,3H2,1-2H3,(H,12,13)/b7-5+. The van der Waals surface area contributed by atoms with E-state index < -0.39 is 0 Å². The van der Waals surface area contributed by atoms with E-state index in [1.54, 1.807) is 26.2 Å². The smallest absolute Gasteiger partial charge is 0.330 e. The molecule has 0 atom stereocenters. The van der Waals surface area contributed by atoms with Crippen LogP contribution in [0.15, 0.2) is 24.4 Å². The van der Waals surface area contributed by atoms with E-state index in [1.165, 1.54) is 6.08 Å². The van der Waals surface area contributed by atoms with Crippen LogP contribution < -0.4 is 5.32 Å². The molecule has 0 amide bonds. The highest BCUT2D eigenvalue weighted by Gasteiger charge is 1.94. The van der Waals surface area contributed by atoms with Crippen molar-refractivity contribution in [2.75, 3.05) is 19.0 Å². The van der Waals surface area contributed by atoms with E-state index in [0.717, 1.165) is 11.4 Å². The zero-order chi connectivity index (χ0) is 11.1. The number of nitrogens with zero attached hydrogens (tertiary/aromatic N) is 1. The van der Waals surface area contributed by atoms with E-state index in [1.807, 2.05) is 12.1 Å². The third-order valence-corrected chi connectivity index (χ3v) is 1.74. The lowest BCUT2D eigenvalue weighted by molar-refractivity contribution is -0.137. The third-order valence-electron chi connectivity index (χ3n) is 1.74. The molecule has 1 aromatic rings. The lowest BCUT2D eigenvalue weighted by Crippen LogP contribution is -1.98. The van der Waals surface area contributed by atoms with Crippen molar-refractivity contribution in [2.24, 2.45) is 0 Å². The second-order valence-electron chi connectivity index (χ2n) is 2.81. The lowest BCUT2D eigenvalue weighted by atomic mass is 10.2. The summed E-state index contributed by atoms with van der Waals surface area (Å²) in [5, 5.41) is 2.91. The van der Waals surface area contributed by atoms with E-state index in [2.05, 4.69) is 10.3 Å². The second-order valence-corrected chi connectivity index (χ2v) is 2.81. The summed E-state index contributed by atoms with van der Waals surface area (Å²) in [4.78, 5) is 15.1. The van der Waals surface area contributed by atoms with Crippen molar-refractivity contribution < 1.29 is 9.53 Å². The summed E-state index contributed by atoms with van der Waals surface area (Å²) in [5.74, 6) is 0.457. The fourth-order valence-electron chi connectivity index (χ4n) is 1.01. The van der Waals surface area contributed by atoms with Gasteiger partial charge in [-0.05, 0) is 30.7 Å². The minimum Gasteiger partial charge on any atom is -0.463 e. The van der Waals surface area contributed by atoms with E-state index >= 15 is 0 Å². The fourth-order valence-corrected chi connectivity index (χ4v) is 1.01. The number of pyridine rings is 1. The number of ether oxygens (including phenoxy) is 1. The minimum atomic E-state index is -0.338. The molecule has 0 saturated carbocycles. The molecule has 0 saturated heterocycles. The van der Waals surface area contributed by atoms with Crippen LogP contribution in [0.2, 0.25) is 0 Å². The SMILES string of the molecule is CCOC(=O)/C=C/c1ccc(NC)nc1. The molecule has 1 N–H and O–H groups in total. The van der Waals surface area contributed by atoms with Crippen LogP contribution in [0.1, 0.15) is 12.5 Å². The highest BCUT2D eigenvalue weighted by Crippen LogP contribution is 2.05. The number of aromatic nitrogens is 1. The molecule has 0 bridgehead atoms. The minimum absolute atomic E-state index is 0.338. The Morgan fingerprint density at radius 1 is 1.60 bits per heavy atom. The Morgan fingerprint density at radius 2 is 2.40 bits per heavy atom. The Bertz CT molecular complexity index is 344. The molecular weight excluding hydrogens is 192 g/mol. The van der Waals surface area contributed by atoms with Gasteiger partial charge in [-0.15, -0.1) is 0 Å². The van der Waals surface area contributed by atoms with Crippen LogP contribution in [0.5, 0.6) is 0 Å². The first kappa shape index (κ1) is 11.2. The van der Waals surface area contributed by atoms with E-state index in [0.29, 0.717) is 6.61 Å². The maximum atomic E-state index is 11.0. The quantitative estimate of drug-likeness (QED) is 0.601. The van der Waals surface area contributed by atoms with Gasteiger partial charge in [0.15, 0.2) is 0 Å². The molecule has 15 heavy (non-hydrogen) atoms. The van der Waals surface area contributed by atoms with Crippen LogP contribution >= 0.6 is 0 Å². The molecule has 0 aliphatic carbocycles. The molecule has 1 rings (SSSR count). The molecule has 0 radical (unpaired) electrons. The molecule has 1 aromatic heterocycles. The molecule has 0 aliphatic rings. The molecule has 4 nitrogen and oxygen atoms in total. The first-order valence-corrected chi connectivity index (χ1v) is 4.75. The van der Waals surface area contributed by atoms with Crippen molar-refractivity contribution >= 4 is 17.9 Å². The number of hydrogen-bond acceptors (Lipinski definition) is 4. The number of nitrogens with one attached hydrogen (secondary N) is 1. The Morgan fingerprint density at radius 3 is 2.93 bits per heavy atom. The Kier molecular flexibility index (Phi) is 4.34. The summed E-state index contributed by atoms with van der Waals surface area (Å²) < 4.78 is 4.75. The largest absolute Gasteiger partial charge is 0.463 e. The summed E-state index contributed by atoms with van der Waals surface area (Å²) in [7, 11) is 1.80. The van der Waals surface area contributed by atoms with Gasteiger partial charge in [0.2, 0.25) is 0 Å². The molecule has 0 aromatic carbocycles. The number of carbonyl (C=O) groups excluding carboxylic acids is 1. The number of anilines is 1. The van der Waals surface area contributed by atoms with Crippen LogP contribution in [0.25, 0.3) is 6.08 Å². The van der Waals surface area contributed by atoms with E-state index in [-0.39, 0.29) is 5.97 Å². The monoisotopic (exact) mass is 206 g/mol. The summed E-state index contributed by atoms with van der Waals surface area (Å²) in [5.41, 5.74) is 0.863. The van der Waals surface area contributed by atoms with Crippen molar-refractivity contribution in [3.63, 3.8) is 0 Å². The summed E-state index contributed by atoms with van der Waals surface area (Å²) in [6, 6.07) is 3.71. The molecule has 0 spiro atoms. The van der Waals surface area contributed by atoms with E-state index in [9.17, 15) is 4.79 Å². The maximum absolute atomic E-state index is 11.0. The molecule has 0 unspecified atom stereocenters. The van der Waals surface area contributed by atoms with Crippen molar-refractivity contribution in [2.45, 2.75) is 6.92 Å². The van der Waals surface area contributed by atoms with Crippen LogP contribution in [-0.4, -0.2) is 24.6 Å². The molecule has 80 valence electrons. The van der Waals surface area contributed by atoms with Crippen molar-refractivity contribution in [1.82, 2.24) is 4.98 Å². The number of hydrogen-bond donors (Lipinski definition) is 1. The number of rotatable bonds is 4. The average molecular weight is 206 g/mol. The van der Waals surface area contributed by atoms with Gasteiger partial charge >= 0.3 is 5.97 Å². The van der Waals surface area contributed by atoms with Crippen LogP contribution in [0.3, 0.4) is 0 Å². The van der Waals surface area contributed by atoms with Crippen LogP contribution in [0.4, 0.5) is 5.82 Å². The summed E-state index contributed by atoms with van der Waals surface area (Å²) in [6.45, 7) is 2.16. The van der Waals surface area contributed by atoms with Crippen molar-refractivity contribution in [3.05, 3.63) is 30.0 Å². The fraction of sp³-hybridized carbons (Fsp3) is 0.273. The number of carbonyl (C=O) groups is 1. The molecule has 0 fully saturated rings. The number of esters is 1. The van der Waals surface area contributed by atoms with Gasteiger partial charge in [0.25, 0.3) is 0 Å². The first-order chi connectivity index (χ1) is 7.26. The second kappa shape index (κ2) is 5.80. The molecule has 1 heterocycles. The van der Waals surface area contributed by atoms with Gasteiger partial charge in [0.1, 0.15) is 5.82 Å². The van der Waals surface area contributed by atoms with Crippen LogP contribution in [-0.2, 0) is 9.53 Å². The lowest BCUT2D eigenvalue weighted by Gasteiger charge is -1.98. The molecule has 0 aliphatic heterocycles. The third kappa shape index (κ3) is 3.81. The molecule has 4 heteroatoms. The predicted molar refractivity (Wildman–Crippen MR) is 59.5 cm³/mol. The summed E-state index contributed by atoms with van der Waals surface area (Å²) >= 11 is 0. The summed E-state index contributed by atoms with van der Waals surface area (Å²) in [6.07, 6.45) is 4.74. The van der Waals surface area contributed by atoms with Gasteiger partial charge in [0, 0.05) is 19.3 Å². The zero-order valence-electron chi connectivity index (χ0n) is 8.86. The van der Waals surface area contributed by atoms with Gasteiger partial charge in [-0.1, -0.05) is 0 Å². The molecular formula is C11H14N2O2. The van der Waals surface area contributed by atoms with E-state index in [4.69, 9.17) is 4.74 Å².